The van der Waals surface area contributed by atoms with E-state index in [4.69, 9.17) is 0 Å². The Bertz CT molecular complexity index is 284. The molecule has 0 aliphatic carbocycles. The molecule has 0 aliphatic rings. The number of halogens is 1. The van der Waals surface area contributed by atoms with E-state index in [0.29, 0.717) is 0 Å². The van der Waals surface area contributed by atoms with Crippen molar-refractivity contribution in [2.24, 2.45) is 0 Å². The first-order valence-corrected chi connectivity index (χ1v) is 10.5. The first-order chi connectivity index (χ1) is 6.09. The van der Waals surface area contributed by atoms with Gasteiger partial charge in [-0.1, -0.05) is 15.9 Å². The van der Waals surface area contributed by atoms with E-state index in [9.17, 15) is 13.9 Å². The van der Waals surface area contributed by atoms with Crippen molar-refractivity contribution in [3.8, 4) is 0 Å². The van der Waals surface area contributed by atoms with Crippen LogP contribution < -0.4 is 5.32 Å². The van der Waals surface area contributed by atoms with Gasteiger partial charge < -0.3 is 14.4 Å². The Balaban J connectivity index is 4.87. The van der Waals surface area contributed by atoms with E-state index in [0.717, 1.165) is 0 Å². The number of rotatable bonds is 4. The van der Waals surface area contributed by atoms with E-state index in [1.807, 2.05) is 0 Å². The van der Waals surface area contributed by atoms with E-state index in [1.54, 1.807) is 0 Å². The summed E-state index contributed by atoms with van der Waals surface area (Å²) in [5.41, 5.74) is -0.708. The number of nitrogens with one attached hydrogen (secondary N) is 1. The number of hydrogen-bond donors (Lipinski definition) is 1. The van der Waals surface area contributed by atoms with Gasteiger partial charge in [0.15, 0.2) is 0 Å². The van der Waals surface area contributed by atoms with Crippen molar-refractivity contribution in [2.75, 3.05) is 32.0 Å². The average molecular weight is 304 g/mol. The van der Waals surface area contributed by atoms with Gasteiger partial charge in [0.05, 0.1) is 5.33 Å². The number of amides is 1. The standard InChI is InChI=1S/C7H16BrNO3P2/c1-13(2,11)7(14(3,4)12)9-6(10)5-8/h7H,5H2,1-4H3,(H,9,10). The SMILES string of the molecule is CP(C)(=O)C(NC(=O)CBr)P(C)(C)=O. The van der Waals surface area contributed by atoms with Crippen LogP contribution in [-0.4, -0.2) is 43.4 Å². The Morgan fingerprint density at radius 1 is 1.21 bits per heavy atom. The Labute approximate surface area is 93.1 Å². The highest BCUT2D eigenvalue weighted by atomic mass is 79.9. The second-order valence-corrected chi connectivity index (χ2v) is 11.7. The zero-order chi connectivity index (χ0) is 11.6. The van der Waals surface area contributed by atoms with Crippen molar-refractivity contribution < 1.29 is 13.9 Å². The van der Waals surface area contributed by atoms with Crippen LogP contribution in [0.4, 0.5) is 0 Å². The molecule has 7 heteroatoms. The molecule has 0 rings (SSSR count). The summed E-state index contributed by atoms with van der Waals surface area (Å²) in [6.07, 6.45) is 0. The normalized spacial score (nSPS) is 13.0. The fourth-order valence-electron chi connectivity index (χ4n) is 1.16. The van der Waals surface area contributed by atoms with Crippen LogP contribution in [0.3, 0.4) is 0 Å². The Hall–Kier alpha value is 0.410. The average Bonchev–Trinajstić information content (AvgIpc) is 1.95. The monoisotopic (exact) mass is 303 g/mol. The van der Waals surface area contributed by atoms with Crippen LogP contribution in [0.15, 0.2) is 0 Å². The van der Waals surface area contributed by atoms with E-state index in [2.05, 4.69) is 21.2 Å². The minimum Gasteiger partial charge on any atom is -0.339 e. The number of hydrogen-bond acceptors (Lipinski definition) is 3. The van der Waals surface area contributed by atoms with Crippen molar-refractivity contribution in [3.63, 3.8) is 0 Å². The molecule has 0 radical (unpaired) electrons. The summed E-state index contributed by atoms with van der Waals surface area (Å²) in [6.45, 7) is 6.13. The van der Waals surface area contributed by atoms with Gasteiger partial charge in [0.25, 0.3) is 0 Å². The smallest absolute Gasteiger partial charge is 0.231 e. The van der Waals surface area contributed by atoms with Crippen LogP contribution in [-0.2, 0) is 13.9 Å². The highest BCUT2D eigenvalue weighted by Gasteiger charge is 2.34. The van der Waals surface area contributed by atoms with Gasteiger partial charge in [-0.25, -0.2) is 0 Å². The number of carbonyl (C=O) groups excluding carboxylic acids is 1. The predicted octanol–water partition coefficient (Wildman–Crippen LogP) is 2.03. The van der Waals surface area contributed by atoms with E-state index < -0.39 is 19.8 Å². The second-order valence-electron chi connectivity index (χ2n) is 3.94. The summed E-state index contributed by atoms with van der Waals surface area (Å²) in [5.74, 6) is -0.289. The molecular formula is C7H16BrNO3P2. The molecule has 0 unspecified atom stereocenters. The molecule has 0 aromatic rings. The Kier molecular flexibility index (Phi) is 5.10. The second kappa shape index (κ2) is 4.96. The van der Waals surface area contributed by atoms with Crippen molar-refractivity contribution in [1.29, 1.82) is 0 Å². The highest BCUT2D eigenvalue weighted by Crippen LogP contribution is 2.59. The number of carbonyl (C=O) groups is 1. The fraction of sp³-hybridized carbons (Fsp3) is 0.857. The molecule has 0 atom stereocenters. The summed E-state index contributed by atoms with van der Waals surface area (Å²) in [6, 6.07) is 0. The maximum absolute atomic E-state index is 11.8. The lowest BCUT2D eigenvalue weighted by atomic mass is 10.7. The first kappa shape index (κ1) is 14.4. The molecule has 14 heavy (non-hydrogen) atoms. The van der Waals surface area contributed by atoms with E-state index in [1.165, 1.54) is 26.7 Å². The summed E-state index contributed by atoms with van der Waals surface area (Å²) in [7, 11) is -5.16. The van der Waals surface area contributed by atoms with Gasteiger partial charge in [-0.05, 0) is 26.7 Å². The molecule has 1 N–H and O–H groups in total. The molecule has 84 valence electrons. The third kappa shape index (κ3) is 4.77. The van der Waals surface area contributed by atoms with Gasteiger partial charge in [-0.2, -0.15) is 0 Å². The molecule has 0 saturated heterocycles. The third-order valence-corrected chi connectivity index (χ3v) is 8.05. The van der Waals surface area contributed by atoms with Gasteiger partial charge in [-0.15, -0.1) is 0 Å². The van der Waals surface area contributed by atoms with Gasteiger partial charge >= 0.3 is 0 Å². The molecule has 0 spiro atoms. The minimum absolute atomic E-state index is 0.128. The van der Waals surface area contributed by atoms with Crippen LogP contribution in [0.25, 0.3) is 0 Å². The van der Waals surface area contributed by atoms with Crippen LogP contribution in [0.1, 0.15) is 0 Å². The quantitative estimate of drug-likeness (QED) is 0.638. The molecule has 0 aromatic carbocycles. The maximum Gasteiger partial charge on any atom is 0.231 e. The van der Waals surface area contributed by atoms with Crippen LogP contribution in [0.2, 0.25) is 0 Å². The zero-order valence-corrected chi connectivity index (χ0v) is 12.2. The minimum atomic E-state index is -2.58. The molecule has 0 saturated carbocycles. The molecule has 0 fully saturated rings. The van der Waals surface area contributed by atoms with Crippen molar-refractivity contribution in [3.05, 3.63) is 0 Å². The molecule has 0 aliphatic heterocycles. The molecule has 0 heterocycles. The van der Waals surface area contributed by atoms with E-state index in [-0.39, 0.29) is 11.2 Å². The first-order valence-electron chi connectivity index (χ1n) is 4.03. The Morgan fingerprint density at radius 2 is 1.57 bits per heavy atom. The summed E-state index contributed by atoms with van der Waals surface area (Å²) in [4.78, 5) is 11.1. The molecule has 0 aromatic heterocycles. The van der Waals surface area contributed by atoms with Gasteiger partial charge in [0.2, 0.25) is 5.91 Å². The maximum atomic E-state index is 11.8. The molecular weight excluding hydrogens is 288 g/mol. The predicted molar refractivity (Wildman–Crippen MR) is 64.6 cm³/mol. The Morgan fingerprint density at radius 3 is 1.79 bits per heavy atom. The summed E-state index contributed by atoms with van der Waals surface area (Å²) < 4.78 is 23.6. The molecule has 0 bridgehead atoms. The summed E-state index contributed by atoms with van der Waals surface area (Å²) in [5, 5.41) is 2.66. The largest absolute Gasteiger partial charge is 0.339 e. The van der Waals surface area contributed by atoms with Gasteiger partial charge in [-0.3, -0.25) is 4.79 Å². The van der Waals surface area contributed by atoms with Crippen LogP contribution in [0.5, 0.6) is 0 Å². The van der Waals surface area contributed by atoms with Crippen LogP contribution in [0, 0.1) is 0 Å². The van der Waals surface area contributed by atoms with Crippen molar-refractivity contribution in [2.45, 2.75) is 5.52 Å². The zero-order valence-electron chi connectivity index (χ0n) is 8.78. The third-order valence-electron chi connectivity index (χ3n) is 1.59. The highest BCUT2D eigenvalue weighted by molar-refractivity contribution is 9.09. The van der Waals surface area contributed by atoms with E-state index >= 15 is 0 Å². The summed E-state index contributed by atoms with van der Waals surface area (Å²) >= 11 is 2.99. The molecule has 1 amide bonds. The lowest BCUT2D eigenvalue weighted by Gasteiger charge is -2.26. The van der Waals surface area contributed by atoms with Crippen LogP contribution >= 0.6 is 30.2 Å². The lowest BCUT2D eigenvalue weighted by molar-refractivity contribution is -0.118. The van der Waals surface area contributed by atoms with Crippen molar-refractivity contribution in [1.82, 2.24) is 5.32 Å². The van der Waals surface area contributed by atoms with Crippen molar-refractivity contribution >= 4 is 36.1 Å². The fourth-order valence-corrected chi connectivity index (χ4v) is 7.59. The van der Waals surface area contributed by atoms with Gasteiger partial charge in [0.1, 0.15) is 19.8 Å². The molecule has 4 nitrogen and oxygen atoms in total. The topological polar surface area (TPSA) is 63.2 Å². The lowest BCUT2D eigenvalue weighted by Crippen LogP contribution is -2.34. The number of alkyl halides is 1. The van der Waals surface area contributed by atoms with Gasteiger partial charge in [0, 0.05) is 0 Å².